The lowest BCUT2D eigenvalue weighted by atomic mass is 9.90. The predicted octanol–water partition coefficient (Wildman–Crippen LogP) is 5.64. The second-order valence-electron chi connectivity index (χ2n) is 11.9. The molecule has 2 unspecified atom stereocenters. The summed E-state index contributed by atoms with van der Waals surface area (Å²) in [5.41, 5.74) is -1.45. The van der Waals surface area contributed by atoms with E-state index >= 15 is 0 Å². The molecule has 8 nitrogen and oxygen atoms in total. The summed E-state index contributed by atoms with van der Waals surface area (Å²) in [4.78, 5) is 25.8. The maximum Gasteiger partial charge on any atom is 0.236 e. The van der Waals surface area contributed by atoms with Gasteiger partial charge in [0.15, 0.2) is 23.0 Å². The van der Waals surface area contributed by atoms with Gasteiger partial charge in [0.2, 0.25) is 11.8 Å². The molecule has 0 bridgehead atoms. The van der Waals surface area contributed by atoms with Crippen molar-refractivity contribution in [1.82, 2.24) is 20.4 Å². The van der Waals surface area contributed by atoms with Crippen LogP contribution in [-0.4, -0.2) is 94.9 Å². The van der Waals surface area contributed by atoms with Crippen LogP contribution < -0.4 is 15.4 Å². The SMILES string of the molecule is CCCCOC1=C(F)C(CCNCC(=O)N(C)C)C=CC1(C)F.CCCCOc1c(C)cc(F)c(CCNCC(=O)N(C)C)c1F. The summed E-state index contributed by atoms with van der Waals surface area (Å²) in [6.45, 7) is 8.79. The maximum atomic E-state index is 14.5. The summed E-state index contributed by atoms with van der Waals surface area (Å²) in [6.07, 6.45) is 6.92. The van der Waals surface area contributed by atoms with Crippen molar-refractivity contribution in [1.29, 1.82) is 0 Å². The molecule has 0 aromatic heterocycles. The van der Waals surface area contributed by atoms with Crippen molar-refractivity contribution in [3.05, 3.63) is 52.6 Å². The molecule has 0 aliphatic heterocycles. The number of hydrogen-bond acceptors (Lipinski definition) is 6. The maximum absolute atomic E-state index is 14.5. The third-order valence-electron chi connectivity index (χ3n) is 7.30. The lowest BCUT2D eigenvalue weighted by Gasteiger charge is -2.28. The van der Waals surface area contributed by atoms with Gasteiger partial charge in [0.05, 0.1) is 26.3 Å². The molecule has 0 radical (unpaired) electrons. The van der Waals surface area contributed by atoms with Gasteiger partial charge in [-0.05, 0) is 70.3 Å². The van der Waals surface area contributed by atoms with Crippen LogP contribution in [0.3, 0.4) is 0 Å². The highest BCUT2D eigenvalue weighted by atomic mass is 19.2. The Labute approximate surface area is 272 Å². The second-order valence-corrected chi connectivity index (χ2v) is 11.9. The fourth-order valence-corrected chi connectivity index (χ4v) is 4.27. The van der Waals surface area contributed by atoms with Crippen molar-refractivity contribution < 1.29 is 36.6 Å². The van der Waals surface area contributed by atoms with Crippen molar-refractivity contribution in [2.45, 2.75) is 71.9 Å². The van der Waals surface area contributed by atoms with Crippen molar-refractivity contribution in [2.75, 3.05) is 67.6 Å². The predicted molar refractivity (Wildman–Crippen MR) is 174 cm³/mol. The number of benzene rings is 1. The van der Waals surface area contributed by atoms with E-state index < -0.39 is 29.0 Å². The number of nitrogens with one attached hydrogen (secondary N) is 2. The number of carbonyl (C=O) groups excluding carboxylic acids is 2. The van der Waals surface area contributed by atoms with Crippen LogP contribution in [0.15, 0.2) is 29.8 Å². The number of unbranched alkanes of at least 4 members (excludes halogenated alkanes) is 2. The molecule has 2 N–H and O–H groups in total. The number of alkyl halides is 1. The zero-order valence-corrected chi connectivity index (χ0v) is 28.8. The minimum absolute atomic E-state index is 0.00750. The molecule has 0 fully saturated rings. The first-order valence-corrected chi connectivity index (χ1v) is 16.0. The van der Waals surface area contributed by atoms with Crippen LogP contribution in [0, 0.1) is 24.5 Å². The molecular weight excluding hydrogens is 604 g/mol. The van der Waals surface area contributed by atoms with Crippen LogP contribution >= 0.6 is 0 Å². The topological polar surface area (TPSA) is 83.1 Å². The van der Waals surface area contributed by atoms with E-state index in [1.807, 2.05) is 13.8 Å². The highest BCUT2D eigenvalue weighted by Gasteiger charge is 2.37. The Morgan fingerprint density at radius 1 is 0.913 bits per heavy atom. The first kappa shape index (κ1) is 40.9. The highest BCUT2D eigenvalue weighted by molar-refractivity contribution is 5.77. The Morgan fingerprint density at radius 3 is 2.00 bits per heavy atom. The third kappa shape index (κ3) is 13.7. The number of allylic oxidation sites excluding steroid dienone is 3. The number of nitrogens with zero attached hydrogens (tertiary/aromatic N) is 2. The van der Waals surface area contributed by atoms with Crippen LogP contribution in [0.2, 0.25) is 0 Å². The van der Waals surface area contributed by atoms with E-state index in [-0.39, 0.29) is 48.4 Å². The van der Waals surface area contributed by atoms with Gasteiger partial charge in [0.1, 0.15) is 11.6 Å². The summed E-state index contributed by atoms with van der Waals surface area (Å²) in [5.74, 6) is -2.49. The third-order valence-corrected chi connectivity index (χ3v) is 7.30. The van der Waals surface area contributed by atoms with E-state index in [0.29, 0.717) is 38.3 Å². The van der Waals surface area contributed by atoms with Crippen molar-refractivity contribution >= 4 is 11.8 Å². The fraction of sp³-hybridized carbons (Fsp3) is 0.647. The fourth-order valence-electron chi connectivity index (χ4n) is 4.27. The number of halogens is 4. The lowest BCUT2D eigenvalue weighted by molar-refractivity contribution is -0.128. The zero-order chi connectivity index (χ0) is 34.9. The Hall–Kier alpha value is -3.12. The van der Waals surface area contributed by atoms with E-state index in [4.69, 9.17) is 9.47 Å². The van der Waals surface area contributed by atoms with Gasteiger partial charge in [0.25, 0.3) is 0 Å². The van der Waals surface area contributed by atoms with E-state index in [2.05, 4.69) is 10.6 Å². The molecule has 1 aromatic rings. The standard InChI is InChI=1S/C17H28F2N2O2.C17H26F2N2O2/c1-5-6-11-23-16-15(18)13(7-9-17(16,2)19)8-10-20-12-14(22)21(3)4;1-5-6-9-23-17-12(2)10-14(18)13(16(17)19)7-8-20-11-15(22)21(3)4/h7,9,13,20H,5-6,8,10-12H2,1-4H3;10,20H,5-9,11H2,1-4H3. The number of carbonyl (C=O) groups is 2. The van der Waals surface area contributed by atoms with E-state index in [9.17, 15) is 27.2 Å². The number of likely N-dealkylation sites (N-methyl/N-ethyl adjacent to an activating group) is 2. The lowest BCUT2D eigenvalue weighted by Crippen LogP contribution is -2.34. The van der Waals surface area contributed by atoms with Crippen molar-refractivity contribution in [3.63, 3.8) is 0 Å². The molecule has 2 atom stereocenters. The summed E-state index contributed by atoms with van der Waals surface area (Å²) >= 11 is 0. The van der Waals surface area contributed by atoms with Crippen molar-refractivity contribution in [2.24, 2.45) is 5.92 Å². The summed E-state index contributed by atoms with van der Waals surface area (Å²) < 4.78 is 68.2. The van der Waals surface area contributed by atoms with Gasteiger partial charge in [-0.15, -0.1) is 0 Å². The highest BCUT2D eigenvalue weighted by Crippen LogP contribution is 2.37. The zero-order valence-electron chi connectivity index (χ0n) is 28.8. The van der Waals surface area contributed by atoms with Gasteiger partial charge in [-0.3, -0.25) is 9.59 Å². The Kier molecular flexibility index (Phi) is 18.6. The molecule has 1 aliphatic rings. The van der Waals surface area contributed by atoms with Crippen LogP contribution in [0.25, 0.3) is 0 Å². The summed E-state index contributed by atoms with van der Waals surface area (Å²) in [5, 5.41) is 5.86. The molecule has 0 saturated heterocycles. The van der Waals surface area contributed by atoms with Gasteiger partial charge in [-0.25, -0.2) is 17.6 Å². The minimum atomic E-state index is -1.90. The molecule has 0 spiro atoms. The Bertz CT molecular complexity index is 1170. The molecule has 12 heteroatoms. The first-order valence-electron chi connectivity index (χ1n) is 16.0. The molecule has 2 amide bonds. The van der Waals surface area contributed by atoms with Gasteiger partial charge < -0.3 is 29.9 Å². The smallest absolute Gasteiger partial charge is 0.236 e. The van der Waals surface area contributed by atoms with E-state index in [0.717, 1.165) is 25.7 Å². The number of amides is 2. The van der Waals surface area contributed by atoms with E-state index in [1.165, 1.54) is 34.9 Å². The molecule has 0 heterocycles. The molecular formula is C34H54F4N4O4. The van der Waals surface area contributed by atoms with Gasteiger partial charge >= 0.3 is 0 Å². The van der Waals surface area contributed by atoms with E-state index in [1.54, 1.807) is 35.1 Å². The van der Waals surface area contributed by atoms with Gasteiger partial charge in [-0.1, -0.05) is 32.8 Å². The molecule has 1 aromatic carbocycles. The van der Waals surface area contributed by atoms with Gasteiger partial charge in [0, 0.05) is 39.7 Å². The quantitative estimate of drug-likeness (QED) is 0.121. The number of hydrogen-bond donors (Lipinski definition) is 2. The van der Waals surface area contributed by atoms with Crippen LogP contribution in [0.4, 0.5) is 17.6 Å². The average Bonchev–Trinajstić information content (AvgIpc) is 2.99. The monoisotopic (exact) mass is 658 g/mol. The normalized spacial score (nSPS) is 17.3. The summed E-state index contributed by atoms with van der Waals surface area (Å²) in [6, 6.07) is 1.30. The van der Waals surface area contributed by atoms with Gasteiger partial charge in [-0.2, -0.15) is 0 Å². The average molecular weight is 659 g/mol. The molecule has 46 heavy (non-hydrogen) atoms. The Morgan fingerprint density at radius 2 is 1.46 bits per heavy atom. The first-order chi connectivity index (χ1) is 21.7. The molecule has 0 saturated carbocycles. The van der Waals surface area contributed by atoms with Crippen LogP contribution in [0.1, 0.15) is 64.0 Å². The van der Waals surface area contributed by atoms with Crippen LogP contribution in [0.5, 0.6) is 5.75 Å². The van der Waals surface area contributed by atoms with Crippen molar-refractivity contribution in [3.8, 4) is 5.75 Å². The molecule has 2 rings (SSSR count). The Balaban J connectivity index is 0.000000460. The minimum Gasteiger partial charge on any atom is -0.491 e. The summed E-state index contributed by atoms with van der Waals surface area (Å²) in [7, 11) is 6.67. The number of ether oxygens (including phenoxy) is 2. The largest absolute Gasteiger partial charge is 0.491 e. The second kappa shape index (κ2) is 20.9. The molecule has 1 aliphatic carbocycles. The van der Waals surface area contributed by atoms with Crippen LogP contribution in [-0.2, 0) is 20.7 Å². The number of aryl methyl sites for hydroxylation is 1. The number of rotatable bonds is 18. The molecule has 262 valence electrons.